The van der Waals surface area contributed by atoms with Crippen LogP contribution >= 0.6 is 0 Å². The molecule has 0 bridgehead atoms. The van der Waals surface area contributed by atoms with Crippen molar-refractivity contribution in [3.63, 3.8) is 0 Å². The number of aryl methyl sites for hydroxylation is 1. The van der Waals surface area contributed by atoms with Gasteiger partial charge < -0.3 is 4.74 Å². The first-order valence-electron chi connectivity index (χ1n) is 5.44. The molecular formula is C13H16O2. The monoisotopic (exact) mass is 204 g/mol. The molecule has 0 N–H and O–H groups in total. The van der Waals surface area contributed by atoms with Crippen molar-refractivity contribution in [2.75, 3.05) is 6.61 Å². The SMILES string of the molecule is CCOc1ccc(C)c2c1C(=O)CC2C. The molecule has 0 amide bonds. The largest absolute Gasteiger partial charge is 0.493 e. The second kappa shape index (κ2) is 3.69. The molecule has 0 radical (unpaired) electrons. The smallest absolute Gasteiger partial charge is 0.167 e. The molecule has 1 aliphatic carbocycles. The van der Waals surface area contributed by atoms with Crippen LogP contribution in [0, 0.1) is 6.92 Å². The van der Waals surface area contributed by atoms with Crippen LogP contribution in [0.15, 0.2) is 12.1 Å². The van der Waals surface area contributed by atoms with E-state index in [9.17, 15) is 4.79 Å². The maximum atomic E-state index is 11.8. The number of carbonyl (C=O) groups excluding carboxylic acids is 1. The molecule has 0 aliphatic heterocycles. The Labute approximate surface area is 90.3 Å². The van der Waals surface area contributed by atoms with Gasteiger partial charge in [-0.05, 0) is 37.0 Å². The van der Waals surface area contributed by atoms with E-state index in [1.165, 1.54) is 11.1 Å². The van der Waals surface area contributed by atoms with Crippen molar-refractivity contribution in [3.05, 3.63) is 28.8 Å². The van der Waals surface area contributed by atoms with Crippen LogP contribution in [0.1, 0.15) is 47.7 Å². The fraction of sp³-hybridized carbons (Fsp3) is 0.462. The summed E-state index contributed by atoms with van der Waals surface area (Å²) in [6, 6.07) is 3.95. The number of hydrogen-bond acceptors (Lipinski definition) is 2. The minimum absolute atomic E-state index is 0.227. The number of rotatable bonds is 2. The predicted molar refractivity (Wildman–Crippen MR) is 59.7 cm³/mol. The Morgan fingerprint density at radius 3 is 2.87 bits per heavy atom. The van der Waals surface area contributed by atoms with Gasteiger partial charge in [-0.2, -0.15) is 0 Å². The highest BCUT2D eigenvalue weighted by Crippen LogP contribution is 2.39. The average Bonchev–Trinajstić information content (AvgIpc) is 2.48. The fourth-order valence-electron chi connectivity index (χ4n) is 2.38. The Morgan fingerprint density at radius 1 is 1.47 bits per heavy atom. The van der Waals surface area contributed by atoms with Gasteiger partial charge in [-0.3, -0.25) is 4.79 Å². The molecule has 2 rings (SSSR count). The molecule has 1 unspecified atom stereocenters. The molecule has 1 aliphatic rings. The molecule has 2 heteroatoms. The van der Waals surface area contributed by atoms with Crippen molar-refractivity contribution in [1.82, 2.24) is 0 Å². The predicted octanol–water partition coefficient (Wildman–Crippen LogP) is 3.08. The summed E-state index contributed by atoms with van der Waals surface area (Å²) in [4.78, 5) is 11.8. The van der Waals surface area contributed by atoms with Gasteiger partial charge in [0, 0.05) is 6.42 Å². The number of ketones is 1. The number of hydrogen-bond donors (Lipinski definition) is 0. The summed E-state index contributed by atoms with van der Waals surface area (Å²) in [5.41, 5.74) is 3.21. The van der Waals surface area contributed by atoms with Gasteiger partial charge in [0.15, 0.2) is 5.78 Å². The van der Waals surface area contributed by atoms with E-state index in [1.807, 2.05) is 19.1 Å². The minimum atomic E-state index is 0.227. The third kappa shape index (κ3) is 1.54. The zero-order valence-electron chi connectivity index (χ0n) is 9.46. The van der Waals surface area contributed by atoms with Gasteiger partial charge >= 0.3 is 0 Å². The Hall–Kier alpha value is -1.31. The van der Waals surface area contributed by atoms with Gasteiger partial charge in [0.1, 0.15) is 5.75 Å². The maximum Gasteiger partial charge on any atom is 0.167 e. The summed E-state index contributed by atoms with van der Waals surface area (Å²) >= 11 is 0. The topological polar surface area (TPSA) is 26.3 Å². The van der Waals surface area contributed by atoms with E-state index in [-0.39, 0.29) is 5.78 Å². The highest BCUT2D eigenvalue weighted by molar-refractivity contribution is 6.04. The summed E-state index contributed by atoms with van der Waals surface area (Å²) in [7, 11) is 0. The van der Waals surface area contributed by atoms with E-state index in [0.29, 0.717) is 18.9 Å². The van der Waals surface area contributed by atoms with Crippen LogP contribution in [0.3, 0.4) is 0 Å². The molecule has 1 aromatic rings. The highest BCUT2D eigenvalue weighted by atomic mass is 16.5. The zero-order valence-corrected chi connectivity index (χ0v) is 9.46. The van der Waals surface area contributed by atoms with Crippen LogP contribution < -0.4 is 4.74 Å². The van der Waals surface area contributed by atoms with E-state index in [2.05, 4.69) is 13.8 Å². The van der Waals surface area contributed by atoms with Crippen molar-refractivity contribution in [2.45, 2.75) is 33.1 Å². The second-order valence-electron chi connectivity index (χ2n) is 4.13. The van der Waals surface area contributed by atoms with Crippen LogP contribution in [-0.2, 0) is 0 Å². The van der Waals surface area contributed by atoms with Crippen LogP contribution in [0.4, 0.5) is 0 Å². The lowest BCUT2D eigenvalue weighted by molar-refractivity contribution is 0.0987. The van der Waals surface area contributed by atoms with Crippen LogP contribution in [0.25, 0.3) is 0 Å². The quantitative estimate of drug-likeness (QED) is 0.740. The minimum Gasteiger partial charge on any atom is -0.493 e. The molecule has 2 nitrogen and oxygen atoms in total. The Bertz CT molecular complexity index is 407. The highest BCUT2D eigenvalue weighted by Gasteiger charge is 2.30. The number of benzene rings is 1. The first kappa shape index (κ1) is 10.2. The van der Waals surface area contributed by atoms with Crippen LogP contribution in [0.2, 0.25) is 0 Å². The summed E-state index contributed by atoms with van der Waals surface area (Å²) in [6.07, 6.45) is 0.625. The Balaban J connectivity index is 2.59. The molecule has 0 aromatic heterocycles. The molecule has 0 spiro atoms. The lowest BCUT2D eigenvalue weighted by Crippen LogP contribution is -2.01. The molecule has 80 valence electrons. The van der Waals surface area contributed by atoms with E-state index in [4.69, 9.17) is 4.74 Å². The standard InChI is InChI=1S/C13H16O2/c1-4-15-11-6-5-8(2)12-9(3)7-10(14)13(11)12/h5-6,9H,4,7H2,1-3H3. The molecule has 15 heavy (non-hydrogen) atoms. The van der Waals surface area contributed by atoms with Gasteiger partial charge in [0.25, 0.3) is 0 Å². The summed E-state index contributed by atoms with van der Waals surface area (Å²) in [5.74, 6) is 1.32. The molecular weight excluding hydrogens is 188 g/mol. The summed E-state index contributed by atoms with van der Waals surface area (Å²) in [6.45, 7) is 6.71. The van der Waals surface area contributed by atoms with E-state index >= 15 is 0 Å². The third-order valence-corrected chi connectivity index (χ3v) is 2.99. The van der Waals surface area contributed by atoms with Crippen molar-refractivity contribution in [2.24, 2.45) is 0 Å². The molecule has 0 saturated heterocycles. The van der Waals surface area contributed by atoms with Crippen molar-refractivity contribution in [1.29, 1.82) is 0 Å². The van der Waals surface area contributed by atoms with E-state index < -0.39 is 0 Å². The molecule has 1 aromatic carbocycles. The number of ether oxygens (including phenoxy) is 1. The average molecular weight is 204 g/mol. The fourth-order valence-corrected chi connectivity index (χ4v) is 2.38. The van der Waals surface area contributed by atoms with E-state index in [0.717, 1.165) is 11.3 Å². The Morgan fingerprint density at radius 2 is 2.20 bits per heavy atom. The summed E-state index contributed by atoms with van der Waals surface area (Å²) < 4.78 is 5.50. The van der Waals surface area contributed by atoms with Crippen LogP contribution in [0.5, 0.6) is 5.75 Å². The molecule has 0 heterocycles. The third-order valence-electron chi connectivity index (χ3n) is 2.99. The number of fused-ring (bicyclic) bond motifs is 1. The van der Waals surface area contributed by atoms with Gasteiger partial charge in [0.2, 0.25) is 0 Å². The Kier molecular flexibility index (Phi) is 2.51. The van der Waals surface area contributed by atoms with E-state index in [1.54, 1.807) is 0 Å². The van der Waals surface area contributed by atoms with Crippen molar-refractivity contribution < 1.29 is 9.53 Å². The van der Waals surface area contributed by atoms with Crippen molar-refractivity contribution in [3.8, 4) is 5.75 Å². The van der Waals surface area contributed by atoms with Crippen molar-refractivity contribution >= 4 is 5.78 Å². The maximum absolute atomic E-state index is 11.8. The lowest BCUT2D eigenvalue weighted by atomic mass is 9.98. The van der Waals surface area contributed by atoms with Gasteiger partial charge in [-0.25, -0.2) is 0 Å². The lowest BCUT2D eigenvalue weighted by Gasteiger charge is -2.11. The molecule has 1 atom stereocenters. The summed E-state index contributed by atoms with van der Waals surface area (Å²) in [5, 5.41) is 0. The first-order valence-corrected chi connectivity index (χ1v) is 5.44. The molecule has 0 fully saturated rings. The number of carbonyl (C=O) groups is 1. The van der Waals surface area contributed by atoms with Crippen LogP contribution in [-0.4, -0.2) is 12.4 Å². The van der Waals surface area contributed by atoms with Gasteiger partial charge in [0.05, 0.1) is 12.2 Å². The number of Topliss-reactive ketones (excluding diaryl/α,β-unsaturated/α-hetero) is 1. The molecule has 0 saturated carbocycles. The van der Waals surface area contributed by atoms with Gasteiger partial charge in [-0.15, -0.1) is 0 Å². The first-order chi connectivity index (χ1) is 7.15. The zero-order chi connectivity index (χ0) is 11.0. The second-order valence-corrected chi connectivity index (χ2v) is 4.13. The normalized spacial score (nSPS) is 19.1. The van der Waals surface area contributed by atoms with Gasteiger partial charge in [-0.1, -0.05) is 13.0 Å².